The average molecular weight is 336 g/mol. The highest BCUT2D eigenvalue weighted by Crippen LogP contribution is 2.32. The number of nitrogens with zero attached hydrogens (tertiary/aromatic N) is 2. The van der Waals surface area contributed by atoms with E-state index in [4.69, 9.17) is 4.74 Å². The Bertz CT molecular complexity index is 795. The van der Waals surface area contributed by atoms with Crippen LogP contribution in [0.4, 0.5) is 5.69 Å². The zero-order valence-corrected chi connectivity index (χ0v) is 14.0. The third-order valence-corrected chi connectivity index (χ3v) is 4.74. The fraction of sp³-hybridized carbons (Fsp3) is 0.300. The molecule has 0 atom stereocenters. The normalized spacial score (nSPS) is 16.6. The first-order chi connectivity index (χ1) is 12.2. The minimum absolute atomic E-state index is 0.0581. The Hall–Kier alpha value is -2.82. The van der Waals surface area contributed by atoms with Gasteiger partial charge in [0.1, 0.15) is 5.75 Å². The quantitative estimate of drug-likeness (QED) is 0.866. The summed E-state index contributed by atoms with van der Waals surface area (Å²) in [6.07, 6.45) is 2.17. The Morgan fingerprint density at radius 1 is 1.00 bits per heavy atom. The number of rotatable bonds is 3. The fourth-order valence-corrected chi connectivity index (χ4v) is 3.37. The lowest BCUT2D eigenvalue weighted by atomic mass is 10.1. The van der Waals surface area contributed by atoms with E-state index in [1.807, 2.05) is 53.4 Å². The van der Waals surface area contributed by atoms with Crippen LogP contribution in [0.15, 0.2) is 48.5 Å². The number of anilines is 1. The summed E-state index contributed by atoms with van der Waals surface area (Å²) in [5.41, 5.74) is 2.48. The maximum Gasteiger partial charge on any atom is 0.265 e. The van der Waals surface area contributed by atoms with Crippen molar-refractivity contribution in [3.05, 3.63) is 59.7 Å². The minimum Gasteiger partial charge on any atom is -0.482 e. The highest BCUT2D eigenvalue weighted by atomic mass is 16.5. The molecule has 0 bridgehead atoms. The Labute approximate surface area is 146 Å². The average Bonchev–Trinajstić information content (AvgIpc) is 3.19. The number of ether oxygens (including phenoxy) is 1. The number of para-hydroxylation sites is 2. The highest BCUT2D eigenvalue weighted by Gasteiger charge is 2.25. The Kier molecular flexibility index (Phi) is 4.14. The number of likely N-dealkylation sites (tertiary alicyclic amines) is 1. The summed E-state index contributed by atoms with van der Waals surface area (Å²) < 4.78 is 5.47. The predicted octanol–water partition coefficient (Wildman–Crippen LogP) is 2.85. The van der Waals surface area contributed by atoms with Gasteiger partial charge in [-0.15, -0.1) is 0 Å². The van der Waals surface area contributed by atoms with Gasteiger partial charge in [-0.2, -0.15) is 0 Å². The van der Waals surface area contributed by atoms with Crippen molar-refractivity contribution in [2.45, 2.75) is 19.4 Å². The van der Waals surface area contributed by atoms with Gasteiger partial charge < -0.3 is 14.5 Å². The van der Waals surface area contributed by atoms with Crippen molar-refractivity contribution in [3.63, 3.8) is 0 Å². The Morgan fingerprint density at radius 3 is 2.48 bits per heavy atom. The van der Waals surface area contributed by atoms with Crippen molar-refractivity contribution in [1.29, 1.82) is 0 Å². The first-order valence-electron chi connectivity index (χ1n) is 8.63. The number of benzene rings is 2. The number of hydrogen-bond acceptors (Lipinski definition) is 3. The summed E-state index contributed by atoms with van der Waals surface area (Å²) in [4.78, 5) is 28.3. The molecule has 0 radical (unpaired) electrons. The van der Waals surface area contributed by atoms with Crippen molar-refractivity contribution < 1.29 is 14.3 Å². The SMILES string of the molecule is O=C(c1ccc(CN2C(=O)COc3ccccc32)cc1)N1CCCC1. The lowest BCUT2D eigenvalue weighted by molar-refractivity contribution is -0.121. The van der Waals surface area contributed by atoms with Crippen molar-refractivity contribution in [1.82, 2.24) is 4.90 Å². The van der Waals surface area contributed by atoms with E-state index in [-0.39, 0.29) is 18.4 Å². The van der Waals surface area contributed by atoms with Crippen LogP contribution in [-0.2, 0) is 11.3 Å². The summed E-state index contributed by atoms with van der Waals surface area (Å²) in [6.45, 7) is 2.22. The van der Waals surface area contributed by atoms with E-state index < -0.39 is 0 Å². The first-order valence-corrected chi connectivity index (χ1v) is 8.63. The number of carbonyl (C=O) groups is 2. The molecule has 2 aromatic rings. The van der Waals surface area contributed by atoms with E-state index in [9.17, 15) is 9.59 Å². The molecule has 0 aliphatic carbocycles. The van der Waals surface area contributed by atoms with E-state index in [0.717, 1.165) is 42.9 Å². The summed E-state index contributed by atoms with van der Waals surface area (Å²) in [5.74, 6) is 0.760. The predicted molar refractivity (Wildman–Crippen MR) is 94.7 cm³/mol. The number of amides is 2. The number of fused-ring (bicyclic) bond motifs is 1. The number of carbonyl (C=O) groups excluding carboxylic acids is 2. The molecule has 5 heteroatoms. The molecular weight excluding hydrogens is 316 g/mol. The van der Waals surface area contributed by atoms with Crippen LogP contribution in [0.2, 0.25) is 0 Å². The fourth-order valence-electron chi connectivity index (χ4n) is 3.37. The van der Waals surface area contributed by atoms with Gasteiger partial charge in [0.05, 0.1) is 12.2 Å². The van der Waals surface area contributed by atoms with E-state index in [1.165, 1.54) is 0 Å². The molecule has 2 amide bonds. The van der Waals surface area contributed by atoms with Gasteiger partial charge in [-0.05, 0) is 42.7 Å². The molecule has 0 unspecified atom stereocenters. The van der Waals surface area contributed by atoms with Gasteiger partial charge in [-0.1, -0.05) is 24.3 Å². The van der Waals surface area contributed by atoms with Crippen LogP contribution in [-0.4, -0.2) is 36.4 Å². The highest BCUT2D eigenvalue weighted by molar-refractivity contribution is 5.98. The van der Waals surface area contributed by atoms with Gasteiger partial charge in [-0.25, -0.2) is 0 Å². The molecule has 1 saturated heterocycles. The second-order valence-electron chi connectivity index (χ2n) is 6.43. The lowest BCUT2D eigenvalue weighted by Crippen LogP contribution is -2.38. The molecule has 0 N–H and O–H groups in total. The van der Waals surface area contributed by atoms with E-state index >= 15 is 0 Å². The Morgan fingerprint density at radius 2 is 1.72 bits per heavy atom. The van der Waals surface area contributed by atoms with Gasteiger partial charge in [0, 0.05) is 18.7 Å². The summed E-state index contributed by atoms with van der Waals surface area (Å²) in [6, 6.07) is 15.1. The maximum atomic E-state index is 12.4. The largest absolute Gasteiger partial charge is 0.482 e. The van der Waals surface area contributed by atoms with Crippen molar-refractivity contribution in [2.24, 2.45) is 0 Å². The summed E-state index contributed by atoms with van der Waals surface area (Å²) >= 11 is 0. The monoisotopic (exact) mass is 336 g/mol. The van der Waals surface area contributed by atoms with Gasteiger partial charge in [-0.3, -0.25) is 9.59 Å². The summed E-state index contributed by atoms with van der Waals surface area (Å²) in [7, 11) is 0. The molecule has 2 aliphatic heterocycles. The molecule has 1 fully saturated rings. The van der Waals surface area contributed by atoms with Gasteiger partial charge in [0.25, 0.3) is 11.8 Å². The number of hydrogen-bond donors (Lipinski definition) is 0. The van der Waals surface area contributed by atoms with Crippen molar-refractivity contribution >= 4 is 17.5 Å². The molecule has 0 spiro atoms. The molecule has 0 saturated carbocycles. The minimum atomic E-state index is -0.0593. The molecule has 0 aromatic heterocycles. The smallest absolute Gasteiger partial charge is 0.265 e. The van der Waals surface area contributed by atoms with Crippen LogP contribution in [0.3, 0.4) is 0 Å². The zero-order valence-electron chi connectivity index (χ0n) is 14.0. The topological polar surface area (TPSA) is 49.9 Å². The van der Waals surface area contributed by atoms with Crippen molar-refractivity contribution in [2.75, 3.05) is 24.6 Å². The molecule has 5 nitrogen and oxygen atoms in total. The first kappa shape index (κ1) is 15.7. The van der Waals surface area contributed by atoms with Crippen LogP contribution in [0.25, 0.3) is 0 Å². The summed E-state index contributed by atoms with van der Waals surface area (Å²) in [5, 5.41) is 0. The van der Waals surface area contributed by atoms with Gasteiger partial charge in [0.15, 0.2) is 6.61 Å². The third-order valence-electron chi connectivity index (χ3n) is 4.74. The van der Waals surface area contributed by atoms with Gasteiger partial charge >= 0.3 is 0 Å². The molecule has 2 heterocycles. The Balaban J connectivity index is 1.51. The van der Waals surface area contributed by atoms with Gasteiger partial charge in [0.2, 0.25) is 0 Å². The third kappa shape index (κ3) is 3.09. The standard InChI is InChI=1S/C20H20N2O3/c23-19-14-25-18-6-2-1-5-17(18)22(19)13-15-7-9-16(10-8-15)20(24)21-11-3-4-12-21/h1-2,5-10H,3-4,11-14H2. The van der Waals surface area contributed by atoms with Crippen LogP contribution >= 0.6 is 0 Å². The molecule has 2 aliphatic rings. The van der Waals surface area contributed by atoms with Crippen LogP contribution in [0, 0.1) is 0 Å². The molecule has 4 rings (SSSR count). The lowest BCUT2D eigenvalue weighted by Gasteiger charge is -2.29. The van der Waals surface area contributed by atoms with Crippen LogP contribution < -0.4 is 9.64 Å². The van der Waals surface area contributed by atoms with Crippen LogP contribution in [0.5, 0.6) is 5.75 Å². The van der Waals surface area contributed by atoms with Crippen molar-refractivity contribution in [3.8, 4) is 5.75 Å². The second-order valence-corrected chi connectivity index (χ2v) is 6.43. The molecule has 25 heavy (non-hydrogen) atoms. The maximum absolute atomic E-state index is 12.4. The molecule has 2 aromatic carbocycles. The second kappa shape index (κ2) is 6.59. The van der Waals surface area contributed by atoms with E-state index in [0.29, 0.717) is 12.1 Å². The molecular formula is C20H20N2O3. The molecule has 128 valence electrons. The van der Waals surface area contributed by atoms with E-state index in [2.05, 4.69) is 0 Å². The van der Waals surface area contributed by atoms with E-state index in [1.54, 1.807) is 4.90 Å². The zero-order chi connectivity index (χ0) is 17.2. The van der Waals surface area contributed by atoms with Crippen LogP contribution in [0.1, 0.15) is 28.8 Å².